The molecule has 4 nitrogen and oxygen atoms in total. The van der Waals surface area contributed by atoms with Crippen molar-refractivity contribution in [3.8, 4) is 0 Å². The van der Waals surface area contributed by atoms with Gasteiger partial charge in [-0.3, -0.25) is 9.69 Å². The number of nitrogen functional groups attached to an aromatic ring is 1. The van der Waals surface area contributed by atoms with Gasteiger partial charge in [0.1, 0.15) is 0 Å². The Morgan fingerprint density at radius 1 is 1.35 bits per heavy atom. The third kappa shape index (κ3) is 3.54. The van der Waals surface area contributed by atoms with Crippen LogP contribution in [-0.4, -0.2) is 43.5 Å². The lowest BCUT2D eigenvalue weighted by Crippen LogP contribution is -2.37. The standard InChI is InChI=1S/C13H18N2O2/c14-12-3-1-2-11(10-12)13(16)4-5-15-6-8-17-9-7-15/h1-3,10H,4-9,14H2. The van der Waals surface area contributed by atoms with Gasteiger partial charge in [0, 0.05) is 37.3 Å². The zero-order valence-electron chi connectivity index (χ0n) is 9.89. The van der Waals surface area contributed by atoms with E-state index in [-0.39, 0.29) is 5.78 Å². The zero-order valence-corrected chi connectivity index (χ0v) is 9.89. The summed E-state index contributed by atoms with van der Waals surface area (Å²) in [6.07, 6.45) is 0.545. The Morgan fingerprint density at radius 2 is 2.12 bits per heavy atom. The van der Waals surface area contributed by atoms with Crippen LogP contribution in [0.15, 0.2) is 24.3 Å². The first-order valence-corrected chi connectivity index (χ1v) is 5.94. The molecule has 17 heavy (non-hydrogen) atoms. The molecule has 1 aromatic rings. The number of hydrogen-bond acceptors (Lipinski definition) is 4. The van der Waals surface area contributed by atoms with Gasteiger partial charge in [-0.2, -0.15) is 0 Å². The van der Waals surface area contributed by atoms with Crippen LogP contribution in [0.2, 0.25) is 0 Å². The number of carbonyl (C=O) groups excluding carboxylic acids is 1. The number of Topliss-reactive ketones (excluding diaryl/α,β-unsaturated/α-hetero) is 1. The average molecular weight is 234 g/mol. The molecule has 0 aliphatic carbocycles. The Hall–Kier alpha value is -1.39. The largest absolute Gasteiger partial charge is 0.399 e. The van der Waals surface area contributed by atoms with Crippen molar-refractivity contribution in [3.05, 3.63) is 29.8 Å². The van der Waals surface area contributed by atoms with Crippen molar-refractivity contribution in [2.75, 3.05) is 38.6 Å². The highest BCUT2D eigenvalue weighted by atomic mass is 16.5. The molecule has 0 atom stereocenters. The molecule has 0 aromatic heterocycles. The number of ether oxygens (including phenoxy) is 1. The maximum absolute atomic E-state index is 11.9. The normalized spacial score (nSPS) is 16.9. The molecular weight excluding hydrogens is 216 g/mol. The van der Waals surface area contributed by atoms with Gasteiger partial charge in [0.05, 0.1) is 13.2 Å². The molecule has 1 aliphatic heterocycles. The number of nitrogens with two attached hydrogens (primary N) is 1. The van der Waals surface area contributed by atoms with E-state index in [2.05, 4.69) is 4.90 Å². The van der Waals surface area contributed by atoms with Crippen molar-refractivity contribution in [1.82, 2.24) is 4.90 Å². The first kappa shape index (κ1) is 12.1. The van der Waals surface area contributed by atoms with Gasteiger partial charge in [0.15, 0.2) is 5.78 Å². The van der Waals surface area contributed by atoms with Gasteiger partial charge in [0.2, 0.25) is 0 Å². The molecule has 0 spiro atoms. The van der Waals surface area contributed by atoms with E-state index in [1.165, 1.54) is 0 Å². The summed E-state index contributed by atoms with van der Waals surface area (Å²) in [6.45, 7) is 4.18. The summed E-state index contributed by atoms with van der Waals surface area (Å²) in [5.41, 5.74) is 7.00. The zero-order chi connectivity index (χ0) is 12.1. The van der Waals surface area contributed by atoms with Gasteiger partial charge in [-0.05, 0) is 12.1 Å². The van der Waals surface area contributed by atoms with E-state index in [1.807, 2.05) is 12.1 Å². The minimum atomic E-state index is 0.156. The van der Waals surface area contributed by atoms with E-state index in [4.69, 9.17) is 10.5 Å². The van der Waals surface area contributed by atoms with E-state index in [0.717, 1.165) is 32.8 Å². The number of hydrogen-bond donors (Lipinski definition) is 1. The van der Waals surface area contributed by atoms with Crippen molar-refractivity contribution in [2.24, 2.45) is 0 Å². The van der Waals surface area contributed by atoms with Crippen LogP contribution in [-0.2, 0) is 4.74 Å². The topological polar surface area (TPSA) is 55.6 Å². The van der Waals surface area contributed by atoms with Gasteiger partial charge in [-0.1, -0.05) is 12.1 Å². The van der Waals surface area contributed by atoms with Crippen LogP contribution in [0.3, 0.4) is 0 Å². The van der Waals surface area contributed by atoms with Crippen LogP contribution >= 0.6 is 0 Å². The van der Waals surface area contributed by atoms with Gasteiger partial charge in [-0.15, -0.1) is 0 Å². The van der Waals surface area contributed by atoms with Crippen molar-refractivity contribution in [1.29, 1.82) is 0 Å². The summed E-state index contributed by atoms with van der Waals surface area (Å²) in [4.78, 5) is 14.2. The number of ketones is 1. The number of rotatable bonds is 4. The van der Waals surface area contributed by atoms with Crippen molar-refractivity contribution < 1.29 is 9.53 Å². The Labute approximate surface area is 101 Å². The molecule has 0 radical (unpaired) electrons. The molecular formula is C13H18N2O2. The minimum Gasteiger partial charge on any atom is -0.399 e. The molecule has 2 N–H and O–H groups in total. The molecule has 0 amide bonds. The van der Waals surface area contributed by atoms with E-state index >= 15 is 0 Å². The Bertz CT molecular complexity index is 387. The lowest BCUT2D eigenvalue weighted by molar-refractivity contribution is 0.0370. The first-order chi connectivity index (χ1) is 8.25. The van der Waals surface area contributed by atoms with Crippen LogP contribution < -0.4 is 5.73 Å². The fourth-order valence-corrected chi connectivity index (χ4v) is 1.94. The maximum atomic E-state index is 11.9. The predicted octanol–water partition coefficient (Wildman–Crippen LogP) is 1.17. The van der Waals surface area contributed by atoms with Crippen molar-refractivity contribution in [2.45, 2.75) is 6.42 Å². The number of anilines is 1. The van der Waals surface area contributed by atoms with Gasteiger partial charge in [-0.25, -0.2) is 0 Å². The second kappa shape index (κ2) is 5.80. The molecule has 0 unspecified atom stereocenters. The average Bonchev–Trinajstić information content (AvgIpc) is 2.37. The molecule has 2 rings (SSSR count). The lowest BCUT2D eigenvalue weighted by atomic mass is 10.1. The van der Waals surface area contributed by atoms with E-state index in [9.17, 15) is 4.79 Å². The second-order valence-electron chi connectivity index (χ2n) is 4.25. The fraction of sp³-hybridized carbons (Fsp3) is 0.462. The quantitative estimate of drug-likeness (QED) is 0.627. The summed E-state index contributed by atoms with van der Waals surface area (Å²) < 4.78 is 5.26. The number of benzene rings is 1. The molecule has 1 saturated heterocycles. The van der Waals surface area contributed by atoms with Crippen LogP contribution in [0.5, 0.6) is 0 Å². The highest BCUT2D eigenvalue weighted by Gasteiger charge is 2.12. The SMILES string of the molecule is Nc1cccc(C(=O)CCN2CCOCC2)c1. The summed E-state index contributed by atoms with van der Waals surface area (Å²) in [6, 6.07) is 7.16. The second-order valence-corrected chi connectivity index (χ2v) is 4.25. The van der Waals surface area contributed by atoms with Crippen LogP contribution in [0.4, 0.5) is 5.69 Å². The van der Waals surface area contributed by atoms with Gasteiger partial charge < -0.3 is 10.5 Å². The van der Waals surface area contributed by atoms with Gasteiger partial charge in [0.25, 0.3) is 0 Å². The fourth-order valence-electron chi connectivity index (χ4n) is 1.94. The highest BCUT2D eigenvalue weighted by molar-refractivity contribution is 5.96. The molecule has 1 aliphatic rings. The first-order valence-electron chi connectivity index (χ1n) is 5.94. The molecule has 0 saturated carbocycles. The monoisotopic (exact) mass is 234 g/mol. The highest BCUT2D eigenvalue weighted by Crippen LogP contribution is 2.09. The number of morpholine rings is 1. The van der Waals surface area contributed by atoms with Crippen LogP contribution in [0.1, 0.15) is 16.8 Å². The van der Waals surface area contributed by atoms with Crippen LogP contribution in [0, 0.1) is 0 Å². The summed E-state index contributed by atoms with van der Waals surface area (Å²) in [7, 11) is 0. The van der Waals surface area contributed by atoms with Crippen molar-refractivity contribution in [3.63, 3.8) is 0 Å². The summed E-state index contributed by atoms with van der Waals surface area (Å²) >= 11 is 0. The third-order valence-electron chi connectivity index (χ3n) is 2.97. The summed E-state index contributed by atoms with van der Waals surface area (Å²) in [5.74, 6) is 0.156. The van der Waals surface area contributed by atoms with Crippen molar-refractivity contribution >= 4 is 11.5 Å². The molecule has 1 heterocycles. The lowest BCUT2D eigenvalue weighted by Gasteiger charge is -2.26. The Morgan fingerprint density at radius 3 is 2.82 bits per heavy atom. The smallest absolute Gasteiger partial charge is 0.164 e. The van der Waals surface area contributed by atoms with E-state index in [0.29, 0.717) is 17.7 Å². The maximum Gasteiger partial charge on any atom is 0.164 e. The molecule has 0 bridgehead atoms. The predicted molar refractivity (Wildman–Crippen MR) is 67.1 cm³/mol. The van der Waals surface area contributed by atoms with Gasteiger partial charge >= 0.3 is 0 Å². The number of nitrogens with zero attached hydrogens (tertiary/aromatic N) is 1. The Kier molecular flexibility index (Phi) is 4.12. The van der Waals surface area contributed by atoms with E-state index < -0.39 is 0 Å². The summed E-state index contributed by atoms with van der Waals surface area (Å²) in [5, 5.41) is 0. The molecule has 1 aromatic carbocycles. The molecule has 1 fully saturated rings. The third-order valence-corrected chi connectivity index (χ3v) is 2.97. The minimum absolute atomic E-state index is 0.156. The Balaban J connectivity index is 1.84. The van der Waals surface area contributed by atoms with E-state index in [1.54, 1.807) is 12.1 Å². The number of carbonyl (C=O) groups is 1. The molecule has 92 valence electrons. The molecule has 4 heteroatoms. The van der Waals surface area contributed by atoms with Crippen LogP contribution in [0.25, 0.3) is 0 Å².